The monoisotopic (exact) mass is 271 g/mol. The SMILES string of the molecule is COC(=O)CCCC1(C)CC1NC(=O)OC(C)(C)C. The maximum atomic E-state index is 11.6. The number of carbonyl (C=O) groups is 2. The number of amides is 1. The molecule has 0 saturated heterocycles. The van der Waals surface area contributed by atoms with Gasteiger partial charge in [0.05, 0.1) is 7.11 Å². The first-order valence-electron chi connectivity index (χ1n) is 6.73. The number of methoxy groups -OCH3 is 1. The summed E-state index contributed by atoms with van der Waals surface area (Å²) in [4.78, 5) is 22.6. The minimum Gasteiger partial charge on any atom is -0.469 e. The van der Waals surface area contributed by atoms with Gasteiger partial charge >= 0.3 is 12.1 Å². The average Bonchev–Trinajstić information content (AvgIpc) is 2.85. The van der Waals surface area contributed by atoms with Crippen molar-refractivity contribution < 1.29 is 19.1 Å². The molecule has 0 aromatic carbocycles. The van der Waals surface area contributed by atoms with Crippen molar-refractivity contribution in [1.29, 1.82) is 0 Å². The van der Waals surface area contributed by atoms with E-state index in [9.17, 15) is 9.59 Å². The van der Waals surface area contributed by atoms with Crippen LogP contribution in [0.3, 0.4) is 0 Å². The number of alkyl carbamates (subject to hydrolysis) is 1. The van der Waals surface area contributed by atoms with Crippen LogP contribution in [-0.2, 0) is 14.3 Å². The lowest BCUT2D eigenvalue weighted by atomic mass is 10.0. The molecule has 0 aromatic heterocycles. The van der Waals surface area contributed by atoms with Crippen LogP contribution < -0.4 is 5.32 Å². The molecular weight excluding hydrogens is 246 g/mol. The van der Waals surface area contributed by atoms with Gasteiger partial charge in [-0.05, 0) is 45.4 Å². The summed E-state index contributed by atoms with van der Waals surface area (Å²) >= 11 is 0. The highest BCUT2D eigenvalue weighted by atomic mass is 16.6. The molecule has 0 radical (unpaired) electrons. The number of ether oxygens (including phenoxy) is 2. The maximum absolute atomic E-state index is 11.6. The minimum atomic E-state index is -0.472. The molecule has 1 amide bonds. The van der Waals surface area contributed by atoms with Gasteiger partial charge in [-0.2, -0.15) is 0 Å². The Kier molecular flexibility index (Phi) is 4.82. The first-order chi connectivity index (χ1) is 8.66. The molecule has 0 bridgehead atoms. The van der Waals surface area contributed by atoms with Crippen LogP contribution in [0.1, 0.15) is 53.4 Å². The number of carbonyl (C=O) groups excluding carboxylic acids is 2. The Morgan fingerprint density at radius 1 is 1.37 bits per heavy atom. The van der Waals surface area contributed by atoms with Crippen LogP contribution >= 0.6 is 0 Å². The van der Waals surface area contributed by atoms with Crippen molar-refractivity contribution in [3.8, 4) is 0 Å². The molecule has 1 aliphatic rings. The Morgan fingerprint density at radius 3 is 2.53 bits per heavy atom. The molecule has 5 heteroatoms. The number of hydrogen-bond donors (Lipinski definition) is 1. The van der Waals surface area contributed by atoms with E-state index in [-0.39, 0.29) is 23.5 Å². The van der Waals surface area contributed by atoms with Gasteiger partial charge in [-0.15, -0.1) is 0 Å². The van der Waals surface area contributed by atoms with Gasteiger partial charge in [-0.25, -0.2) is 4.79 Å². The maximum Gasteiger partial charge on any atom is 0.407 e. The summed E-state index contributed by atoms with van der Waals surface area (Å²) in [6, 6.07) is 0.153. The molecule has 1 N–H and O–H groups in total. The van der Waals surface area contributed by atoms with Gasteiger partial charge in [0, 0.05) is 12.5 Å². The Labute approximate surface area is 115 Å². The highest BCUT2D eigenvalue weighted by Gasteiger charge is 2.50. The van der Waals surface area contributed by atoms with Crippen LogP contribution in [-0.4, -0.2) is 30.8 Å². The second-order valence-electron chi connectivity index (χ2n) is 6.49. The van der Waals surface area contributed by atoms with Crippen LogP contribution in [0.4, 0.5) is 4.79 Å². The fourth-order valence-corrected chi connectivity index (χ4v) is 2.10. The van der Waals surface area contributed by atoms with Crippen molar-refractivity contribution in [2.75, 3.05) is 7.11 Å². The average molecular weight is 271 g/mol. The van der Waals surface area contributed by atoms with Gasteiger partial charge in [0.2, 0.25) is 0 Å². The topological polar surface area (TPSA) is 64.6 Å². The minimum absolute atomic E-state index is 0.0882. The molecule has 1 aliphatic carbocycles. The molecule has 19 heavy (non-hydrogen) atoms. The number of esters is 1. The first kappa shape index (κ1) is 15.8. The standard InChI is InChI=1S/C14H25NO4/c1-13(2,3)19-12(17)15-10-9-14(10,4)8-6-7-11(16)18-5/h10H,6-9H2,1-5H3,(H,15,17). The molecule has 0 aliphatic heterocycles. The van der Waals surface area contributed by atoms with Crippen molar-refractivity contribution in [1.82, 2.24) is 5.32 Å². The number of hydrogen-bond acceptors (Lipinski definition) is 4. The zero-order valence-corrected chi connectivity index (χ0v) is 12.5. The van der Waals surface area contributed by atoms with Crippen molar-refractivity contribution in [3.05, 3.63) is 0 Å². The molecule has 0 aromatic rings. The van der Waals surface area contributed by atoms with E-state index in [2.05, 4.69) is 17.0 Å². The van der Waals surface area contributed by atoms with Crippen LogP contribution in [0, 0.1) is 5.41 Å². The Hall–Kier alpha value is -1.26. The third kappa shape index (κ3) is 5.49. The van der Waals surface area contributed by atoms with Crippen molar-refractivity contribution in [3.63, 3.8) is 0 Å². The van der Waals surface area contributed by atoms with Gasteiger partial charge in [-0.3, -0.25) is 4.79 Å². The zero-order valence-electron chi connectivity index (χ0n) is 12.5. The first-order valence-corrected chi connectivity index (χ1v) is 6.73. The Bertz CT molecular complexity index is 348. The van der Waals surface area contributed by atoms with Crippen molar-refractivity contribution >= 4 is 12.1 Å². The molecule has 0 spiro atoms. The van der Waals surface area contributed by atoms with Crippen molar-refractivity contribution in [2.45, 2.75) is 65.0 Å². The van der Waals surface area contributed by atoms with Crippen molar-refractivity contribution in [2.24, 2.45) is 5.41 Å². The molecule has 2 atom stereocenters. The molecule has 2 unspecified atom stereocenters. The van der Waals surface area contributed by atoms with E-state index in [0.717, 1.165) is 19.3 Å². The summed E-state index contributed by atoms with van der Waals surface area (Å²) in [5, 5.41) is 2.88. The predicted octanol–water partition coefficient (Wildman–Crippen LogP) is 2.63. The quantitative estimate of drug-likeness (QED) is 0.781. The van der Waals surface area contributed by atoms with Crippen LogP contribution in [0.5, 0.6) is 0 Å². The van der Waals surface area contributed by atoms with E-state index in [1.165, 1.54) is 7.11 Å². The van der Waals surface area contributed by atoms with E-state index in [0.29, 0.717) is 6.42 Å². The third-order valence-corrected chi connectivity index (χ3v) is 3.40. The highest BCUT2D eigenvalue weighted by molar-refractivity contribution is 5.69. The summed E-state index contributed by atoms with van der Waals surface area (Å²) in [6.45, 7) is 7.64. The lowest BCUT2D eigenvalue weighted by Crippen LogP contribution is -2.35. The zero-order chi connectivity index (χ0) is 14.7. The third-order valence-electron chi connectivity index (χ3n) is 3.40. The van der Waals surface area contributed by atoms with Gasteiger partial charge in [-0.1, -0.05) is 6.92 Å². The van der Waals surface area contributed by atoms with E-state index >= 15 is 0 Å². The smallest absolute Gasteiger partial charge is 0.407 e. The molecule has 1 saturated carbocycles. The fourth-order valence-electron chi connectivity index (χ4n) is 2.10. The van der Waals surface area contributed by atoms with E-state index in [1.807, 2.05) is 20.8 Å². The van der Waals surface area contributed by atoms with Crippen LogP contribution in [0.25, 0.3) is 0 Å². The Morgan fingerprint density at radius 2 is 2.00 bits per heavy atom. The second-order valence-corrected chi connectivity index (χ2v) is 6.49. The van der Waals surface area contributed by atoms with Gasteiger partial charge in [0.15, 0.2) is 0 Å². The Balaban J connectivity index is 2.25. The van der Waals surface area contributed by atoms with Gasteiger partial charge in [0.25, 0.3) is 0 Å². The lowest BCUT2D eigenvalue weighted by molar-refractivity contribution is -0.140. The highest BCUT2D eigenvalue weighted by Crippen LogP contribution is 2.49. The normalized spacial score (nSPS) is 25.6. The fraction of sp³-hybridized carbons (Fsp3) is 0.857. The lowest BCUT2D eigenvalue weighted by Gasteiger charge is -2.20. The van der Waals surface area contributed by atoms with Crippen LogP contribution in [0.2, 0.25) is 0 Å². The number of nitrogens with one attached hydrogen (secondary N) is 1. The summed E-state index contributed by atoms with van der Waals surface area (Å²) < 4.78 is 9.82. The molecule has 110 valence electrons. The molecule has 0 heterocycles. The van der Waals surface area contributed by atoms with Crippen LogP contribution in [0.15, 0.2) is 0 Å². The molecule has 5 nitrogen and oxygen atoms in total. The van der Waals surface area contributed by atoms with E-state index in [4.69, 9.17) is 4.74 Å². The molecular formula is C14H25NO4. The summed E-state index contributed by atoms with van der Waals surface area (Å²) in [6.07, 6.45) is 2.70. The second kappa shape index (κ2) is 5.80. The summed E-state index contributed by atoms with van der Waals surface area (Å²) in [5.41, 5.74) is -0.384. The largest absolute Gasteiger partial charge is 0.469 e. The summed E-state index contributed by atoms with van der Waals surface area (Å²) in [7, 11) is 1.40. The van der Waals surface area contributed by atoms with Gasteiger partial charge < -0.3 is 14.8 Å². The van der Waals surface area contributed by atoms with Gasteiger partial charge in [0.1, 0.15) is 5.60 Å². The molecule has 1 fully saturated rings. The van der Waals surface area contributed by atoms with E-state index in [1.54, 1.807) is 0 Å². The summed E-state index contributed by atoms with van der Waals surface area (Å²) in [5.74, 6) is -0.180. The molecule has 1 rings (SSSR count). The number of rotatable bonds is 5. The van der Waals surface area contributed by atoms with E-state index < -0.39 is 5.60 Å². The predicted molar refractivity (Wildman–Crippen MR) is 71.7 cm³/mol.